The molecule has 232 valence electrons. The van der Waals surface area contributed by atoms with E-state index in [9.17, 15) is 14.4 Å². The van der Waals surface area contributed by atoms with Gasteiger partial charge in [-0.25, -0.2) is 24.2 Å². The van der Waals surface area contributed by atoms with Gasteiger partial charge in [0.1, 0.15) is 13.2 Å². The van der Waals surface area contributed by atoms with E-state index in [0.29, 0.717) is 29.3 Å². The number of carbonyl (C=O) groups excluding carboxylic acids is 3. The average molecular weight is 661 g/mol. The van der Waals surface area contributed by atoms with E-state index < -0.39 is 36.4 Å². The third-order valence-electron chi connectivity index (χ3n) is 5.72. The van der Waals surface area contributed by atoms with Crippen LogP contribution >= 0.6 is 47.0 Å². The van der Waals surface area contributed by atoms with Crippen molar-refractivity contribution < 1.29 is 47.8 Å². The molecule has 5 unspecified atom stereocenters. The molecular weight excluding hydrogens is 625 g/mol. The maximum atomic E-state index is 12.6. The lowest BCUT2D eigenvalue weighted by Crippen LogP contribution is -2.35. The predicted molar refractivity (Wildman–Crippen MR) is 166 cm³/mol. The topological polar surface area (TPSA) is 116 Å². The molecule has 2 aliphatic rings. The van der Waals surface area contributed by atoms with E-state index >= 15 is 0 Å². The van der Waals surface area contributed by atoms with Crippen molar-refractivity contribution in [3.05, 3.63) is 60.7 Å². The lowest BCUT2D eigenvalue weighted by Gasteiger charge is -2.24. The quantitative estimate of drug-likeness (QED) is 0.0519. The van der Waals surface area contributed by atoms with Gasteiger partial charge in [-0.05, 0) is 24.6 Å². The van der Waals surface area contributed by atoms with Crippen LogP contribution in [-0.4, -0.2) is 95.0 Å². The fourth-order valence-corrected chi connectivity index (χ4v) is 9.00. The van der Waals surface area contributed by atoms with Gasteiger partial charge in [-0.3, -0.25) is 0 Å². The highest BCUT2D eigenvalue weighted by Crippen LogP contribution is 2.30. The molecule has 1 aromatic rings. The van der Waals surface area contributed by atoms with Crippen LogP contribution in [0.15, 0.2) is 49.6 Å². The number of thioether (sulfide) groups is 4. The number of rotatable bonds is 19. The summed E-state index contributed by atoms with van der Waals surface area (Å²) in [6, 6.07) is 6.57. The fourth-order valence-electron chi connectivity index (χ4n) is 3.48. The molecule has 3 rings (SSSR count). The molecule has 2 heterocycles. The van der Waals surface area contributed by atoms with Crippen LogP contribution in [-0.2, 0) is 49.7 Å². The molecule has 42 heavy (non-hydrogen) atoms. The van der Waals surface area contributed by atoms with Crippen molar-refractivity contribution in [2.24, 2.45) is 0 Å². The highest BCUT2D eigenvalue weighted by Gasteiger charge is 2.26. The summed E-state index contributed by atoms with van der Waals surface area (Å²) in [6.07, 6.45) is -0.288. The van der Waals surface area contributed by atoms with Gasteiger partial charge in [-0.15, -0.1) is 47.0 Å². The van der Waals surface area contributed by atoms with Crippen molar-refractivity contribution in [1.82, 2.24) is 0 Å². The Morgan fingerprint density at radius 2 is 1.57 bits per heavy atom. The molecule has 2 saturated heterocycles. The third kappa shape index (κ3) is 12.9. The first-order valence-corrected chi connectivity index (χ1v) is 17.6. The largest absolute Gasteiger partial charge is 0.458 e. The second-order valence-electron chi connectivity index (χ2n) is 9.06. The molecule has 1 aromatic carbocycles. The average Bonchev–Trinajstić information content (AvgIpc) is 3.72. The van der Waals surface area contributed by atoms with Gasteiger partial charge in [-0.1, -0.05) is 25.3 Å². The Hall–Kier alpha value is -1.65. The molecule has 5 atom stereocenters. The zero-order valence-electron chi connectivity index (χ0n) is 23.3. The normalized spacial score (nSPS) is 20.3. The van der Waals surface area contributed by atoms with Crippen LogP contribution in [0.1, 0.15) is 22.8 Å². The number of carbonyl (C=O) groups is 3. The molecule has 2 aliphatic heterocycles. The minimum absolute atomic E-state index is 0.0556. The maximum Gasteiger partial charge on any atom is 0.338 e. The van der Waals surface area contributed by atoms with Crippen LogP contribution in [0.25, 0.3) is 0 Å². The lowest BCUT2D eigenvalue weighted by molar-refractivity contribution is -0.399. The van der Waals surface area contributed by atoms with E-state index in [1.54, 1.807) is 43.0 Å². The van der Waals surface area contributed by atoms with Gasteiger partial charge in [0.2, 0.25) is 6.29 Å². The van der Waals surface area contributed by atoms with Gasteiger partial charge < -0.3 is 23.7 Å². The molecule has 10 nitrogen and oxygen atoms in total. The van der Waals surface area contributed by atoms with Crippen LogP contribution in [0.5, 0.6) is 0 Å². The molecule has 0 aromatic heterocycles. The van der Waals surface area contributed by atoms with Crippen LogP contribution in [0.3, 0.4) is 0 Å². The molecule has 14 heteroatoms. The Morgan fingerprint density at radius 3 is 2.19 bits per heavy atom. The SMILES string of the molecule is C=CC(=O)OC(COCC1CSCS1)COC(=O)c1ccc(COOC(OCC2CSCS2)C(C)OC(=O)C=C)cc1. The second-order valence-corrected chi connectivity index (χ2v) is 14.4. The Balaban J connectivity index is 1.44. The summed E-state index contributed by atoms with van der Waals surface area (Å²) in [6.45, 7) is 9.43. The van der Waals surface area contributed by atoms with Crippen molar-refractivity contribution in [1.29, 1.82) is 0 Å². The fraction of sp³-hybridized carbons (Fsp3) is 0.536. The van der Waals surface area contributed by atoms with E-state index in [0.717, 1.165) is 39.4 Å². The zero-order valence-corrected chi connectivity index (χ0v) is 26.6. The summed E-state index contributed by atoms with van der Waals surface area (Å²) in [5.41, 5.74) is 1.03. The first-order chi connectivity index (χ1) is 20.4. The third-order valence-corrected chi connectivity index (χ3v) is 11.4. The highest BCUT2D eigenvalue weighted by atomic mass is 32.2. The summed E-state index contributed by atoms with van der Waals surface area (Å²) >= 11 is 7.33. The van der Waals surface area contributed by atoms with Gasteiger partial charge in [0, 0.05) is 44.3 Å². The van der Waals surface area contributed by atoms with Crippen LogP contribution < -0.4 is 0 Å². The van der Waals surface area contributed by atoms with Crippen molar-refractivity contribution in [2.75, 3.05) is 48.1 Å². The number of ether oxygens (including phenoxy) is 5. The zero-order chi connectivity index (χ0) is 30.2. The Labute approximate surface area is 263 Å². The van der Waals surface area contributed by atoms with E-state index in [4.69, 9.17) is 33.5 Å². The van der Waals surface area contributed by atoms with Crippen LogP contribution in [0.2, 0.25) is 0 Å². The van der Waals surface area contributed by atoms with Gasteiger partial charge in [0.05, 0.1) is 25.4 Å². The standard InChI is InChI=1S/C28H36O10S4/c1-4-25(29)36-19(3)28(34-14-24-16-40-18-42-24)38-35-10-20-6-8-21(9-7-20)27(31)33-12-22(37-26(30)5-2)11-32-13-23-15-39-17-41-23/h4-9,19,22-24,28H,1-2,10-18H2,3H3. The minimum atomic E-state index is -0.933. The number of esters is 3. The van der Waals surface area contributed by atoms with Crippen LogP contribution in [0, 0.1) is 0 Å². The first kappa shape index (κ1) is 34.8. The molecular formula is C28H36O10S4. The number of hydrogen-bond acceptors (Lipinski definition) is 14. The molecule has 0 amide bonds. The molecule has 2 fully saturated rings. The summed E-state index contributed by atoms with van der Waals surface area (Å²) < 4.78 is 27.5. The van der Waals surface area contributed by atoms with Crippen LogP contribution in [0.4, 0.5) is 0 Å². The first-order valence-electron chi connectivity index (χ1n) is 13.2. The van der Waals surface area contributed by atoms with Gasteiger partial charge in [0.15, 0.2) is 12.2 Å². The van der Waals surface area contributed by atoms with Crippen molar-refractivity contribution in [3.8, 4) is 0 Å². The van der Waals surface area contributed by atoms with Crippen molar-refractivity contribution in [2.45, 2.75) is 42.5 Å². The molecule has 0 spiro atoms. The Kier molecular flexibility index (Phi) is 16.2. The number of benzene rings is 1. The summed E-state index contributed by atoms with van der Waals surface area (Å²) in [7, 11) is 0. The minimum Gasteiger partial charge on any atom is -0.458 e. The van der Waals surface area contributed by atoms with E-state index in [2.05, 4.69) is 13.2 Å². The van der Waals surface area contributed by atoms with E-state index in [-0.39, 0.29) is 19.8 Å². The molecule has 0 saturated carbocycles. The van der Waals surface area contributed by atoms with E-state index in [1.807, 2.05) is 35.3 Å². The Morgan fingerprint density at radius 1 is 0.929 bits per heavy atom. The summed E-state index contributed by atoms with van der Waals surface area (Å²) in [4.78, 5) is 46.8. The monoisotopic (exact) mass is 660 g/mol. The molecule has 0 bridgehead atoms. The summed E-state index contributed by atoms with van der Waals surface area (Å²) in [5, 5.41) is 2.77. The van der Waals surface area contributed by atoms with Crippen molar-refractivity contribution >= 4 is 65.0 Å². The Bertz CT molecular complexity index is 1010. The van der Waals surface area contributed by atoms with E-state index in [1.165, 1.54) is 0 Å². The van der Waals surface area contributed by atoms with Crippen molar-refractivity contribution in [3.63, 3.8) is 0 Å². The summed E-state index contributed by atoms with van der Waals surface area (Å²) in [5.74, 6) is 0.209. The number of hydrogen-bond donors (Lipinski definition) is 0. The second kappa shape index (κ2) is 19.6. The maximum absolute atomic E-state index is 12.6. The lowest BCUT2D eigenvalue weighted by atomic mass is 10.1. The molecule has 0 radical (unpaired) electrons. The molecule has 0 aliphatic carbocycles. The highest BCUT2D eigenvalue weighted by molar-refractivity contribution is 8.19. The van der Waals surface area contributed by atoms with Gasteiger partial charge in [0.25, 0.3) is 0 Å². The molecule has 0 N–H and O–H groups in total. The van der Waals surface area contributed by atoms with Gasteiger partial charge in [-0.2, -0.15) is 0 Å². The smallest absolute Gasteiger partial charge is 0.338 e. The predicted octanol–water partition coefficient (Wildman–Crippen LogP) is 4.48. The van der Waals surface area contributed by atoms with Gasteiger partial charge >= 0.3 is 17.9 Å².